The molecule has 0 saturated heterocycles. The van der Waals surface area contributed by atoms with Crippen molar-refractivity contribution in [2.45, 2.75) is 11.7 Å². The first kappa shape index (κ1) is 8.06. The van der Waals surface area contributed by atoms with Crippen LogP contribution in [0.5, 0.6) is 0 Å². The second kappa shape index (κ2) is 3.38. The summed E-state index contributed by atoms with van der Waals surface area (Å²) in [7, 11) is 0. The summed E-state index contributed by atoms with van der Waals surface area (Å²) in [6.45, 7) is 0. The van der Waals surface area contributed by atoms with E-state index in [1.54, 1.807) is 0 Å². The lowest BCUT2D eigenvalue weighted by molar-refractivity contribution is -0.138. The molecule has 0 aromatic carbocycles. The number of aliphatic carboxylic acids is 1. The van der Waals surface area contributed by atoms with Gasteiger partial charge >= 0.3 is 5.97 Å². The Kier molecular flexibility index (Phi) is 2.48. The Hall–Kier alpha value is -1.04. The molecular weight excluding hydrogens is 168 g/mol. The van der Waals surface area contributed by atoms with Crippen molar-refractivity contribution in [3.63, 3.8) is 0 Å². The zero-order valence-electron chi connectivity index (χ0n) is 5.48. The molecule has 1 heterocycles. The highest BCUT2D eigenvalue weighted by molar-refractivity contribution is 8.13. The molecule has 2 N–H and O–H groups in total. The van der Waals surface area contributed by atoms with Gasteiger partial charge in [-0.2, -0.15) is 5.10 Å². The first-order valence-electron chi connectivity index (χ1n) is 2.89. The Labute approximate surface area is 66.8 Å². The van der Waals surface area contributed by atoms with E-state index < -0.39 is 11.2 Å². The molecule has 0 aliphatic carbocycles. The van der Waals surface area contributed by atoms with Gasteiger partial charge in [0.1, 0.15) is 5.25 Å². The Morgan fingerprint density at radius 2 is 2.64 bits per heavy atom. The molecular formula is C5H6N2O3S. The van der Waals surface area contributed by atoms with Gasteiger partial charge in [0.05, 0.1) is 12.0 Å². The maximum absolute atomic E-state index is 10.8. The van der Waals surface area contributed by atoms with Gasteiger partial charge in [0.2, 0.25) is 0 Å². The lowest BCUT2D eigenvalue weighted by atomic mass is 10.3. The van der Waals surface area contributed by atoms with Crippen LogP contribution >= 0.6 is 11.8 Å². The van der Waals surface area contributed by atoms with Crippen LogP contribution in [0.4, 0.5) is 0 Å². The smallest absolute Gasteiger partial charge is 0.305 e. The van der Waals surface area contributed by atoms with E-state index in [0.717, 1.165) is 11.8 Å². The van der Waals surface area contributed by atoms with Gasteiger partial charge in [0.15, 0.2) is 0 Å². The van der Waals surface area contributed by atoms with Crippen LogP contribution in [0.1, 0.15) is 6.42 Å². The molecule has 0 fully saturated rings. The Balaban J connectivity index is 2.51. The van der Waals surface area contributed by atoms with Crippen LogP contribution in [-0.4, -0.2) is 27.8 Å². The molecule has 0 saturated carbocycles. The van der Waals surface area contributed by atoms with Crippen molar-refractivity contribution in [2.75, 3.05) is 0 Å². The maximum atomic E-state index is 10.8. The zero-order chi connectivity index (χ0) is 8.27. The third-order valence-electron chi connectivity index (χ3n) is 1.11. The van der Waals surface area contributed by atoms with E-state index in [0.29, 0.717) is 0 Å². The fraction of sp³-hybridized carbons (Fsp3) is 0.400. The lowest BCUT2D eigenvalue weighted by Gasteiger charge is -2.12. The lowest BCUT2D eigenvalue weighted by Crippen LogP contribution is -2.33. The summed E-state index contributed by atoms with van der Waals surface area (Å²) >= 11 is 1.12. The van der Waals surface area contributed by atoms with Crippen LogP contribution in [0.2, 0.25) is 0 Å². The van der Waals surface area contributed by atoms with Crippen LogP contribution in [-0.2, 0) is 9.59 Å². The number of carbonyl (C=O) groups excluding carboxylic acids is 1. The predicted octanol–water partition coefficient (Wildman–Crippen LogP) is -0.364. The molecule has 6 heteroatoms. The van der Waals surface area contributed by atoms with Crippen molar-refractivity contribution >= 4 is 29.2 Å². The van der Waals surface area contributed by atoms with Crippen LogP contribution in [0, 0.1) is 0 Å². The van der Waals surface area contributed by atoms with Gasteiger partial charge in [-0.05, 0) is 0 Å². The largest absolute Gasteiger partial charge is 0.481 e. The zero-order valence-corrected chi connectivity index (χ0v) is 6.30. The number of rotatable bonds is 2. The molecule has 0 bridgehead atoms. The van der Waals surface area contributed by atoms with E-state index in [9.17, 15) is 9.59 Å². The summed E-state index contributed by atoms with van der Waals surface area (Å²) in [5.74, 6) is -1.33. The van der Waals surface area contributed by atoms with Gasteiger partial charge in [-0.1, -0.05) is 11.8 Å². The second-order valence-electron chi connectivity index (χ2n) is 1.93. The molecule has 1 amide bonds. The highest BCUT2D eigenvalue weighted by atomic mass is 32.2. The van der Waals surface area contributed by atoms with Crippen LogP contribution in [0.25, 0.3) is 0 Å². The minimum Gasteiger partial charge on any atom is -0.481 e. The maximum Gasteiger partial charge on any atom is 0.305 e. The summed E-state index contributed by atoms with van der Waals surface area (Å²) in [6.07, 6.45) is -0.164. The predicted molar refractivity (Wildman–Crippen MR) is 40.3 cm³/mol. The summed E-state index contributed by atoms with van der Waals surface area (Å²) in [5, 5.41) is 11.3. The number of nitrogens with one attached hydrogen (secondary N) is 1. The average Bonchev–Trinajstić information content (AvgIpc) is 1.93. The number of hydrazone groups is 1. The quantitative estimate of drug-likeness (QED) is 0.599. The molecule has 1 unspecified atom stereocenters. The third-order valence-corrected chi connectivity index (χ3v) is 2.04. The SMILES string of the molecule is O=C(O)CC1SC=NNC1=O. The van der Waals surface area contributed by atoms with E-state index in [2.05, 4.69) is 10.5 Å². The molecule has 0 aromatic rings. The summed E-state index contributed by atoms with van der Waals surface area (Å²) in [4.78, 5) is 21.0. The molecule has 1 rings (SSSR count). The van der Waals surface area contributed by atoms with E-state index in [1.165, 1.54) is 5.55 Å². The molecule has 0 aromatic heterocycles. The van der Waals surface area contributed by atoms with Gasteiger partial charge in [0.25, 0.3) is 5.91 Å². The Bertz CT molecular complexity index is 216. The van der Waals surface area contributed by atoms with Crippen molar-refractivity contribution in [1.82, 2.24) is 5.43 Å². The third kappa shape index (κ3) is 2.23. The van der Waals surface area contributed by atoms with Crippen molar-refractivity contribution in [3.05, 3.63) is 0 Å². The van der Waals surface area contributed by atoms with Gasteiger partial charge in [-0.3, -0.25) is 9.59 Å². The first-order valence-corrected chi connectivity index (χ1v) is 3.83. The number of carboxylic acid groups (broad SMARTS) is 1. The molecule has 60 valence electrons. The average molecular weight is 174 g/mol. The molecule has 1 aliphatic rings. The van der Waals surface area contributed by atoms with E-state index in [1.807, 2.05) is 0 Å². The number of amides is 1. The molecule has 1 atom stereocenters. The van der Waals surface area contributed by atoms with E-state index >= 15 is 0 Å². The van der Waals surface area contributed by atoms with Gasteiger partial charge in [0, 0.05) is 0 Å². The summed E-state index contributed by atoms with van der Waals surface area (Å²) in [5.41, 5.74) is 3.61. The van der Waals surface area contributed by atoms with E-state index in [-0.39, 0.29) is 12.3 Å². The summed E-state index contributed by atoms with van der Waals surface area (Å²) in [6, 6.07) is 0. The number of carboxylic acids is 1. The number of thioether (sulfide) groups is 1. The van der Waals surface area contributed by atoms with Gasteiger partial charge in [-0.15, -0.1) is 0 Å². The highest BCUT2D eigenvalue weighted by Gasteiger charge is 2.23. The minimum absolute atomic E-state index is 0.164. The minimum atomic E-state index is -0.979. The molecule has 5 nitrogen and oxygen atoms in total. The Morgan fingerprint density at radius 1 is 1.91 bits per heavy atom. The van der Waals surface area contributed by atoms with Crippen molar-refractivity contribution in [1.29, 1.82) is 0 Å². The fourth-order valence-electron chi connectivity index (χ4n) is 0.627. The fourth-order valence-corrected chi connectivity index (χ4v) is 1.30. The first-order chi connectivity index (χ1) is 5.20. The van der Waals surface area contributed by atoms with E-state index in [4.69, 9.17) is 5.11 Å². The molecule has 1 aliphatic heterocycles. The van der Waals surface area contributed by atoms with Crippen LogP contribution in [0.3, 0.4) is 0 Å². The van der Waals surface area contributed by atoms with Gasteiger partial charge in [-0.25, -0.2) is 5.43 Å². The van der Waals surface area contributed by atoms with Crippen LogP contribution in [0.15, 0.2) is 5.10 Å². The normalized spacial score (nSPS) is 22.9. The van der Waals surface area contributed by atoms with Crippen LogP contribution < -0.4 is 5.43 Å². The van der Waals surface area contributed by atoms with Crippen molar-refractivity contribution < 1.29 is 14.7 Å². The topological polar surface area (TPSA) is 78.8 Å². The standard InChI is InChI=1S/C5H6N2O3S/c8-4(9)1-3-5(10)7-6-2-11-3/h2-3H,1H2,(H,7,10)(H,8,9). The summed E-state index contributed by atoms with van der Waals surface area (Å²) < 4.78 is 0. The number of nitrogens with zero attached hydrogens (tertiary/aromatic N) is 1. The highest BCUT2D eigenvalue weighted by Crippen LogP contribution is 2.14. The second-order valence-corrected chi connectivity index (χ2v) is 2.99. The molecule has 11 heavy (non-hydrogen) atoms. The molecule has 0 radical (unpaired) electrons. The monoisotopic (exact) mass is 174 g/mol. The number of carbonyl (C=O) groups is 2. The molecule has 0 spiro atoms. The van der Waals surface area contributed by atoms with Crippen molar-refractivity contribution in [3.8, 4) is 0 Å². The van der Waals surface area contributed by atoms with Gasteiger partial charge < -0.3 is 5.11 Å². The Morgan fingerprint density at radius 3 is 3.18 bits per heavy atom. The number of hydrogen-bond acceptors (Lipinski definition) is 4. The number of hydrogen-bond donors (Lipinski definition) is 2. The van der Waals surface area contributed by atoms with Crippen molar-refractivity contribution in [2.24, 2.45) is 5.10 Å².